The van der Waals surface area contributed by atoms with Gasteiger partial charge < -0.3 is 31.0 Å². The molecule has 1 aromatic rings. The van der Waals surface area contributed by atoms with Crippen molar-refractivity contribution in [1.82, 2.24) is 20.9 Å². The molecule has 0 bridgehead atoms. The molecular formula is C30H42N4O7S2. The number of rotatable bonds is 7. The van der Waals surface area contributed by atoms with Crippen molar-refractivity contribution >= 4 is 51.6 Å². The molecular weight excluding hydrogens is 592 g/mol. The zero-order valence-corrected chi connectivity index (χ0v) is 26.3. The molecule has 11 nitrogen and oxygen atoms in total. The lowest BCUT2D eigenvalue weighted by atomic mass is 9.81. The fourth-order valence-electron chi connectivity index (χ4n) is 6.36. The third-order valence-electron chi connectivity index (χ3n) is 8.76. The molecule has 1 aromatic carbocycles. The van der Waals surface area contributed by atoms with Crippen molar-refractivity contribution in [1.29, 1.82) is 0 Å². The van der Waals surface area contributed by atoms with E-state index in [9.17, 15) is 34.2 Å². The van der Waals surface area contributed by atoms with Gasteiger partial charge in [-0.05, 0) is 49.9 Å². The lowest BCUT2D eigenvalue weighted by molar-refractivity contribution is -0.143. The van der Waals surface area contributed by atoms with Crippen LogP contribution in [0.25, 0.3) is 0 Å². The van der Waals surface area contributed by atoms with Gasteiger partial charge >= 0.3 is 5.97 Å². The molecule has 3 amide bonds. The Hall–Kier alpha value is -2.77. The number of phenols is 1. The Balaban J connectivity index is 1.54. The van der Waals surface area contributed by atoms with E-state index in [0.29, 0.717) is 38.8 Å². The van der Waals surface area contributed by atoms with Gasteiger partial charge in [0.2, 0.25) is 17.7 Å². The van der Waals surface area contributed by atoms with E-state index in [1.807, 2.05) is 18.7 Å². The number of carboxylic acid groups (broad SMARTS) is 1. The Morgan fingerprint density at radius 3 is 2.44 bits per heavy atom. The van der Waals surface area contributed by atoms with Gasteiger partial charge in [0.25, 0.3) is 0 Å². The summed E-state index contributed by atoms with van der Waals surface area (Å²) in [5.41, 5.74) is -0.522. The van der Waals surface area contributed by atoms with E-state index in [1.54, 1.807) is 24.3 Å². The Morgan fingerprint density at radius 2 is 1.79 bits per heavy atom. The lowest BCUT2D eigenvalue weighted by Crippen LogP contribution is -2.55. The molecule has 13 heteroatoms. The zero-order valence-electron chi connectivity index (χ0n) is 24.7. The number of carboxylic acids is 1. The van der Waals surface area contributed by atoms with Gasteiger partial charge in [0.05, 0.1) is 11.5 Å². The number of aldehydes is 1. The Kier molecular flexibility index (Phi) is 11.0. The highest BCUT2D eigenvalue weighted by Crippen LogP contribution is 2.41. The maximum atomic E-state index is 14.0. The third kappa shape index (κ3) is 8.24. The summed E-state index contributed by atoms with van der Waals surface area (Å²) < 4.78 is 0. The number of likely N-dealkylation sites (tertiary alicyclic amines) is 1. The van der Waals surface area contributed by atoms with Crippen LogP contribution in [-0.4, -0.2) is 94.4 Å². The second kappa shape index (κ2) is 14.3. The second-order valence-corrected chi connectivity index (χ2v) is 15.1. The van der Waals surface area contributed by atoms with Gasteiger partial charge in [0, 0.05) is 35.9 Å². The summed E-state index contributed by atoms with van der Waals surface area (Å²) in [6.07, 6.45) is 4.93. The molecule has 1 saturated carbocycles. The number of benzene rings is 1. The van der Waals surface area contributed by atoms with Crippen LogP contribution in [0.15, 0.2) is 24.3 Å². The van der Waals surface area contributed by atoms with E-state index in [2.05, 4.69) is 16.0 Å². The molecule has 3 aliphatic rings. The highest BCUT2D eigenvalue weighted by atomic mass is 33.1. The predicted octanol–water partition coefficient (Wildman–Crippen LogP) is 2.29. The highest BCUT2D eigenvalue weighted by Gasteiger charge is 2.44. The van der Waals surface area contributed by atoms with Gasteiger partial charge in [-0.15, -0.1) is 0 Å². The van der Waals surface area contributed by atoms with Crippen LogP contribution in [-0.2, 0) is 24.0 Å². The number of carbonyl (C=O) groups is 5. The summed E-state index contributed by atoms with van der Waals surface area (Å²) in [4.78, 5) is 66.3. The predicted molar refractivity (Wildman–Crippen MR) is 166 cm³/mol. The number of nitrogens with zero attached hydrogens (tertiary/aromatic N) is 1. The van der Waals surface area contributed by atoms with Crippen LogP contribution in [0.4, 0.5) is 0 Å². The smallest absolute Gasteiger partial charge is 0.327 e. The molecule has 0 aromatic heterocycles. The number of phenolic OH excluding ortho intramolecular Hbond substituents is 1. The van der Waals surface area contributed by atoms with Crippen LogP contribution >= 0.6 is 21.6 Å². The SMILES string of the molecule is CC(C)(C=O)CN1CC[C@@H](c2ccc(O)cc2)C1C(=O)N[C@H]1CSSC[C@@H](C(=O)O)NC(=O)C2(CCCC2)CCNC1=O. The van der Waals surface area contributed by atoms with E-state index in [-0.39, 0.29) is 47.4 Å². The molecule has 3 fully saturated rings. The molecule has 1 unspecified atom stereocenters. The first-order chi connectivity index (χ1) is 20.4. The van der Waals surface area contributed by atoms with Crippen molar-refractivity contribution < 1.29 is 34.2 Å². The average molecular weight is 635 g/mol. The number of hydrogen-bond donors (Lipinski definition) is 5. The van der Waals surface area contributed by atoms with Gasteiger partial charge in [-0.2, -0.15) is 0 Å². The minimum absolute atomic E-state index is 0.115. The summed E-state index contributed by atoms with van der Waals surface area (Å²) in [7, 11) is 2.51. The first kappa shape index (κ1) is 33.1. The minimum Gasteiger partial charge on any atom is -0.508 e. The number of aromatic hydroxyl groups is 1. The summed E-state index contributed by atoms with van der Waals surface area (Å²) >= 11 is 0. The van der Waals surface area contributed by atoms with E-state index in [0.717, 1.165) is 24.7 Å². The number of aliphatic carboxylic acids is 1. The molecule has 2 saturated heterocycles. The molecule has 1 aliphatic carbocycles. The van der Waals surface area contributed by atoms with Gasteiger partial charge in [-0.25, -0.2) is 4.79 Å². The highest BCUT2D eigenvalue weighted by molar-refractivity contribution is 8.76. The second-order valence-electron chi connectivity index (χ2n) is 12.5. The van der Waals surface area contributed by atoms with Gasteiger partial charge in [-0.3, -0.25) is 19.3 Å². The first-order valence-corrected chi connectivity index (χ1v) is 17.3. The van der Waals surface area contributed by atoms with E-state index >= 15 is 0 Å². The summed E-state index contributed by atoms with van der Waals surface area (Å²) in [5.74, 6) is -1.85. The number of nitrogens with one attached hydrogen (secondary N) is 3. The maximum Gasteiger partial charge on any atom is 0.327 e. The topological polar surface area (TPSA) is 165 Å². The Labute approximate surface area is 260 Å². The molecule has 4 rings (SSSR count). The number of hydrogen-bond acceptors (Lipinski definition) is 9. The van der Waals surface area contributed by atoms with E-state index in [1.165, 1.54) is 21.6 Å². The molecule has 43 heavy (non-hydrogen) atoms. The van der Waals surface area contributed by atoms with Crippen molar-refractivity contribution in [3.8, 4) is 5.75 Å². The van der Waals surface area contributed by atoms with Crippen LogP contribution in [0.3, 0.4) is 0 Å². The molecule has 5 N–H and O–H groups in total. The van der Waals surface area contributed by atoms with Crippen molar-refractivity contribution in [2.45, 2.75) is 76.4 Å². The molecule has 4 atom stereocenters. The first-order valence-electron chi connectivity index (χ1n) is 14.8. The van der Waals surface area contributed by atoms with Crippen LogP contribution < -0.4 is 16.0 Å². The molecule has 1 spiro atoms. The third-order valence-corrected chi connectivity index (χ3v) is 11.2. The van der Waals surface area contributed by atoms with Crippen molar-refractivity contribution in [2.24, 2.45) is 10.8 Å². The van der Waals surface area contributed by atoms with Crippen LogP contribution in [0, 0.1) is 10.8 Å². The zero-order chi connectivity index (χ0) is 31.2. The monoisotopic (exact) mass is 634 g/mol. The van der Waals surface area contributed by atoms with Gasteiger partial charge in [0.15, 0.2) is 0 Å². The fraction of sp³-hybridized carbons (Fsp3) is 0.633. The van der Waals surface area contributed by atoms with Crippen LogP contribution in [0.5, 0.6) is 5.75 Å². The quantitative estimate of drug-likeness (QED) is 0.222. The molecule has 0 radical (unpaired) electrons. The van der Waals surface area contributed by atoms with Crippen molar-refractivity contribution in [3.63, 3.8) is 0 Å². The van der Waals surface area contributed by atoms with E-state index < -0.39 is 34.9 Å². The molecule has 2 heterocycles. The molecule has 236 valence electrons. The average Bonchev–Trinajstić information content (AvgIpc) is 3.61. The van der Waals surface area contributed by atoms with Gasteiger partial charge in [-0.1, -0.05) is 60.4 Å². The summed E-state index contributed by atoms with van der Waals surface area (Å²) in [6.45, 7) is 4.82. The van der Waals surface area contributed by atoms with Crippen LogP contribution in [0.2, 0.25) is 0 Å². The lowest BCUT2D eigenvalue weighted by Gasteiger charge is -2.33. The Morgan fingerprint density at radius 1 is 1.12 bits per heavy atom. The van der Waals surface area contributed by atoms with Crippen molar-refractivity contribution in [2.75, 3.05) is 31.1 Å². The maximum absolute atomic E-state index is 14.0. The number of amides is 3. The fourth-order valence-corrected chi connectivity index (χ4v) is 8.68. The number of carbonyl (C=O) groups excluding carboxylic acids is 4. The summed E-state index contributed by atoms with van der Waals surface area (Å²) in [5, 5.41) is 28.2. The van der Waals surface area contributed by atoms with Crippen LogP contribution in [0.1, 0.15) is 63.9 Å². The van der Waals surface area contributed by atoms with Crippen molar-refractivity contribution in [3.05, 3.63) is 29.8 Å². The Bertz CT molecular complexity index is 1190. The normalized spacial score (nSPS) is 27.3. The molecule has 2 aliphatic heterocycles. The van der Waals surface area contributed by atoms with E-state index in [4.69, 9.17) is 0 Å². The minimum atomic E-state index is -1.11. The summed E-state index contributed by atoms with van der Waals surface area (Å²) in [6, 6.07) is 4.16. The van der Waals surface area contributed by atoms with Gasteiger partial charge in [0.1, 0.15) is 24.1 Å². The standard InChI is InChI=1S/C30H42N4O7S2/c1-29(2,18-35)17-34-14-9-21(19-5-7-20(36)8-6-19)24(34)26(38)32-22-15-42-43-16-23(27(39)40)33-28(41)30(10-3-4-11-30)12-13-31-25(22)37/h5-8,18,21-24,36H,3-4,9-17H2,1-2H3,(H,31,37)(H,32,38)(H,33,41)(H,39,40)/t21-,22-,23-,24?/m0/s1. The largest absolute Gasteiger partial charge is 0.508 e.